The number of amides is 1. The van der Waals surface area contributed by atoms with E-state index in [0.29, 0.717) is 17.2 Å². The average molecular weight is 498 g/mol. The molecule has 8 heteroatoms. The minimum Gasteiger partial charge on any atom is -0.493 e. The zero-order valence-electron chi connectivity index (χ0n) is 19.2. The smallest absolute Gasteiger partial charge is 0.225 e. The van der Waals surface area contributed by atoms with Crippen molar-refractivity contribution >= 4 is 32.8 Å². The SMILES string of the molecule is COc1cc(C2CC(=O)Nc3c(S(=O)(=O)c4ccc(C)cc4)csc32)ccc1OC1CCCC1. The Labute approximate surface area is 203 Å². The molecule has 5 rings (SSSR count). The predicted molar refractivity (Wildman–Crippen MR) is 132 cm³/mol. The van der Waals surface area contributed by atoms with Gasteiger partial charge in [-0.2, -0.15) is 0 Å². The Balaban J connectivity index is 1.50. The number of fused-ring (bicyclic) bond motifs is 1. The van der Waals surface area contributed by atoms with Crippen LogP contribution in [0.4, 0.5) is 5.69 Å². The zero-order valence-corrected chi connectivity index (χ0v) is 20.8. The maximum Gasteiger partial charge on any atom is 0.225 e. The first kappa shape index (κ1) is 22.9. The van der Waals surface area contributed by atoms with Gasteiger partial charge in [-0.05, 0) is 62.4 Å². The second kappa shape index (κ2) is 9.07. The molecule has 178 valence electrons. The molecular weight excluding hydrogens is 470 g/mol. The molecule has 0 saturated heterocycles. The molecule has 1 aliphatic heterocycles. The van der Waals surface area contributed by atoms with Crippen LogP contribution in [0.1, 0.15) is 54.0 Å². The minimum atomic E-state index is -3.76. The molecule has 1 N–H and O–H groups in total. The van der Waals surface area contributed by atoms with Crippen LogP contribution in [0.25, 0.3) is 0 Å². The van der Waals surface area contributed by atoms with Gasteiger partial charge in [0.15, 0.2) is 11.5 Å². The highest BCUT2D eigenvalue weighted by molar-refractivity contribution is 7.91. The predicted octanol–water partition coefficient (Wildman–Crippen LogP) is 5.69. The summed E-state index contributed by atoms with van der Waals surface area (Å²) in [5.41, 5.74) is 2.26. The summed E-state index contributed by atoms with van der Waals surface area (Å²) in [4.78, 5) is 13.8. The van der Waals surface area contributed by atoms with E-state index in [1.54, 1.807) is 36.8 Å². The van der Waals surface area contributed by atoms with Gasteiger partial charge in [0.1, 0.15) is 4.90 Å². The number of carbonyl (C=O) groups excluding carboxylic acids is 1. The Hall–Kier alpha value is -2.84. The van der Waals surface area contributed by atoms with Crippen LogP contribution in [0.15, 0.2) is 57.6 Å². The van der Waals surface area contributed by atoms with Gasteiger partial charge in [0.05, 0.1) is 23.8 Å². The van der Waals surface area contributed by atoms with Crippen molar-refractivity contribution < 1.29 is 22.7 Å². The van der Waals surface area contributed by atoms with Crippen molar-refractivity contribution in [1.29, 1.82) is 0 Å². The van der Waals surface area contributed by atoms with Gasteiger partial charge in [0.2, 0.25) is 15.7 Å². The maximum absolute atomic E-state index is 13.4. The molecule has 34 heavy (non-hydrogen) atoms. The molecule has 1 unspecified atom stereocenters. The Morgan fingerprint density at radius 2 is 1.76 bits per heavy atom. The van der Waals surface area contributed by atoms with Gasteiger partial charge in [-0.25, -0.2) is 8.42 Å². The van der Waals surface area contributed by atoms with Gasteiger partial charge >= 0.3 is 0 Å². The number of anilines is 1. The molecule has 2 aliphatic rings. The van der Waals surface area contributed by atoms with Crippen LogP contribution >= 0.6 is 11.3 Å². The van der Waals surface area contributed by atoms with Gasteiger partial charge in [-0.1, -0.05) is 23.8 Å². The molecule has 1 saturated carbocycles. The van der Waals surface area contributed by atoms with E-state index in [2.05, 4.69) is 5.32 Å². The van der Waals surface area contributed by atoms with Crippen molar-refractivity contribution in [2.75, 3.05) is 12.4 Å². The Bertz CT molecular complexity index is 1320. The van der Waals surface area contributed by atoms with Gasteiger partial charge in [-0.3, -0.25) is 4.79 Å². The molecule has 2 aromatic carbocycles. The number of rotatable bonds is 6. The van der Waals surface area contributed by atoms with Gasteiger partial charge in [-0.15, -0.1) is 11.3 Å². The molecule has 6 nitrogen and oxygen atoms in total. The summed E-state index contributed by atoms with van der Waals surface area (Å²) < 4.78 is 38.5. The number of hydrogen-bond donors (Lipinski definition) is 1. The van der Waals surface area contributed by atoms with Crippen LogP contribution in [0.3, 0.4) is 0 Å². The minimum absolute atomic E-state index is 0.141. The Morgan fingerprint density at radius 3 is 2.47 bits per heavy atom. The van der Waals surface area contributed by atoms with E-state index in [1.807, 2.05) is 25.1 Å². The Kier molecular flexibility index (Phi) is 6.12. The highest BCUT2D eigenvalue weighted by Gasteiger charge is 2.35. The van der Waals surface area contributed by atoms with Crippen molar-refractivity contribution in [3.05, 3.63) is 63.8 Å². The summed E-state index contributed by atoms with van der Waals surface area (Å²) in [6.45, 7) is 1.91. The quantitative estimate of drug-likeness (QED) is 0.473. The zero-order chi connectivity index (χ0) is 23.9. The summed E-state index contributed by atoms with van der Waals surface area (Å²) in [5, 5.41) is 4.45. The first-order valence-electron chi connectivity index (χ1n) is 11.4. The summed E-state index contributed by atoms with van der Waals surface area (Å²) in [6.07, 6.45) is 4.89. The van der Waals surface area contributed by atoms with Crippen molar-refractivity contribution in [1.82, 2.24) is 0 Å². The molecule has 0 radical (unpaired) electrons. The second-order valence-electron chi connectivity index (χ2n) is 8.90. The lowest BCUT2D eigenvalue weighted by molar-refractivity contribution is -0.116. The number of ether oxygens (including phenoxy) is 2. The van der Waals surface area contributed by atoms with E-state index >= 15 is 0 Å². The fourth-order valence-electron chi connectivity index (χ4n) is 4.70. The monoisotopic (exact) mass is 497 g/mol. The number of aryl methyl sites for hydroxylation is 1. The lowest BCUT2D eigenvalue weighted by Gasteiger charge is -2.25. The van der Waals surface area contributed by atoms with Gasteiger partial charge in [0, 0.05) is 22.6 Å². The third-order valence-corrected chi connectivity index (χ3v) is 9.60. The molecular formula is C26H27NO5S2. The number of carbonyl (C=O) groups is 1. The molecule has 0 spiro atoms. The van der Waals surface area contributed by atoms with Crippen molar-refractivity contribution in [2.24, 2.45) is 0 Å². The highest BCUT2D eigenvalue weighted by atomic mass is 32.2. The summed E-state index contributed by atoms with van der Waals surface area (Å²) in [7, 11) is -2.16. The fraction of sp³-hybridized carbons (Fsp3) is 0.346. The number of sulfone groups is 1. The number of benzene rings is 2. The van der Waals surface area contributed by atoms with Crippen LogP contribution < -0.4 is 14.8 Å². The summed E-state index contributed by atoms with van der Waals surface area (Å²) in [6, 6.07) is 12.5. The summed E-state index contributed by atoms with van der Waals surface area (Å²) in [5.74, 6) is 0.861. The molecule has 0 bridgehead atoms. The third kappa shape index (κ3) is 4.20. The van der Waals surface area contributed by atoms with E-state index in [-0.39, 0.29) is 34.1 Å². The first-order valence-corrected chi connectivity index (χ1v) is 13.8. The largest absolute Gasteiger partial charge is 0.493 e. The second-order valence-corrected chi connectivity index (χ2v) is 11.7. The van der Waals surface area contributed by atoms with Crippen LogP contribution in [-0.2, 0) is 14.6 Å². The van der Waals surface area contributed by atoms with E-state index in [9.17, 15) is 13.2 Å². The number of hydrogen-bond acceptors (Lipinski definition) is 6. The third-order valence-electron chi connectivity index (χ3n) is 6.56. The average Bonchev–Trinajstić information content (AvgIpc) is 3.49. The molecule has 1 aromatic heterocycles. The van der Waals surface area contributed by atoms with E-state index < -0.39 is 9.84 Å². The van der Waals surface area contributed by atoms with E-state index in [1.165, 1.54) is 24.2 Å². The van der Waals surface area contributed by atoms with Gasteiger partial charge in [0.25, 0.3) is 0 Å². The lowest BCUT2D eigenvalue weighted by Crippen LogP contribution is -2.23. The first-order chi connectivity index (χ1) is 16.4. The number of nitrogens with one attached hydrogen (secondary N) is 1. The standard InChI is InChI=1S/C26H27NO5S2/c1-16-7-10-19(11-8-16)34(29,30)23-15-33-26-20(14-24(28)27-25(23)26)17-9-12-21(22(13-17)31-2)32-18-5-3-4-6-18/h7-13,15,18,20H,3-6,14H2,1-2H3,(H,27,28). The van der Waals surface area contributed by atoms with Crippen LogP contribution in [-0.4, -0.2) is 27.5 Å². The molecule has 3 aromatic rings. The molecule has 1 aliphatic carbocycles. The summed E-state index contributed by atoms with van der Waals surface area (Å²) >= 11 is 1.36. The van der Waals surface area contributed by atoms with E-state index in [0.717, 1.165) is 28.8 Å². The topological polar surface area (TPSA) is 81.7 Å². The van der Waals surface area contributed by atoms with Gasteiger partial charge < -0.3 is 14.8 Å². The fourth-order valence-corrected chi connectivity index (χ4v) is 7.61. The van der Waals surface area contributed by atoms with Crippen LogP contribution in [0, 0.1) is 6.92 Å². The highest BCUT2D eigenvalue weighted by Crippen LogP contribution is 2.47. The van der Waals surface area contributed by atoms with Crippen LogP contribution in [0.2, 0.25) is 0 Å². The van der Waals surface area contributed by atoms with E-state index in [4.69, 9.17) is 9.47 Å². The Morgan fingerprint density at radius 1 is 1.03 bits per heavy atom. The number of methoxy groups -OCH3 is 1. The van der Waals surface area contributed by atoms with Crippen LogP contribution in [0.5, 0.6) is 11.5 Å². The lowest BCUT2D eigenvalue weighted by atomic mass is 9.90. The van der Waals surface area contributed by atoms with Crippen molar-refractivity contribution in [3.63, 3.8) is 0 Å². The van der Waals surface area contributed by atoms with Crippen molar-refractivity contribution in [2.45, 2.75) is 60.8 Å². The molecule has 2 heterocycles. The molecule has 1 atom stereocenters. The molecule has 1 amide bonds. The van der Waals surface area contributed by atoms with Crippen molar-refractivity contribution in [3.8, 4) is 11.5 Å². The molecule has 1 fully saturated rings. The maximum atomic E-state index is 13.4. The normalized spacial score (nSPS) is 18.4. The number of thiophene rings is 1.